The van der Waals surface area contributed by atoms with Crippen LogP contribution in [-0.4, -0.2) is 9.97 Å². The van der Waals surface area contributed by atoms with E-state index in [1.807, 2.05) is 0 Å². The van der Waals surface area contributed by atoms with Crippen molar-refractivity contribution in [2.75, 3.05) is 0 Å². The number of halogens is 3. The van der Waals surface area contributed by atoms with Gasteiger partial charge in [-0.05, 0) is 15.9 Å². The van der Waals surface area contributed by atoms with Crippen LogP contribution >= 0.6 is 27.5 Å². The summed E-state index contributed by atoms with van der Waals surface area (Å²) in [5.41, 5.74) is 0.583. The average molecular weight is 249 g/mol. The Labute approximate surface area is 80.9 Å². The Morgan fingerprint density at radius 2 is 2.33 bits per heavy atom. The molecule has 62 valence electrons. The molecular weight excluding hydrogens is 246 g/mol. The lowest BCUT2D eigenvalue weighted by atomic mass is 10.3. The standard InChI is InChI=1S/C7H3BrClFN2/c8-7-6-5(3(9)1-11-6)4(10)2-12-7/h1-2,11H. The van der Waals surface area contributed by atoms with Crippen molar-refractivity contribution < 1.29 is 4.39 Å². The number of hydrogen-bond donors (Lipinski definition) is 1. The van der Waals surface area contributed by atoms with Gasteiger partial charge < -0.3 is 4.98 Å². The largest absolute Gasteiger partial charge is 0.357 e. The summed E-state index contributed by atoms with van der Waals surface area (Å²) >= 11 is 8.91. The van der Waals surface area contributed by atoms with Crippen molar-refractivity contribution in [1.29, 1.82) is 0 Å². The number of nitrogens with zero attached hydrogens (tertiary/aromatic N) is 1. The van der Waals surface area contributed by atoms with Crippen molar-refractivity contribution in [3.63, 3.8) is 0 Å². The van der Waals surface area contributed by atoms with E-state index in [-0.39, 0.29) is 0 Å². The summed E-state index contributed by atoms with van der Waals surface area (Å²) in [5.74, 6) is -0.417. The highest BCUT2D eigenvalue weighted by Crippen LogP contribution is 2.28. The maximum Gasteiger partial charge on any atom is 0.152 e. The third-order valence-corrected chi connectivity index (χ3v) is 2.47. The zero-order valence-corrected chi connectivity index (χ0v) is 8.08. The molecule has 5 heteroatoms. The van der Waals surface area contributed by atoms with Crippen molar-refractivity contribution in [2.24, 2.45) is 0 Å². The van der Waals surface area contributed by atoms with Crippen LogP contribution in [0.5, 0.6) is 0 Å². The molecule has 0 radical (unpaired) electrons. The molecule has 2 rings (SSSR count). The van der Waals surface area contributed by atoms with Gasteiger partial charge in [0, 0.05) is 6.20 Å². The Morgan fingerprint density at radius 1 is 1.58 bits per heavy atom. The maximum absolute atomic E-state index is 13.1. The van der Waals surface area contributed by atoms with E-state index in [0.29, 0.717) is 20.5 Å². The molecule has 12 heavy (non-hydrogen) atoms. The van der Waals surface area contributed by atoms with Crippen molar-refractivity contribution in [2.45, 2.75) is 0 Å². The molecule has 0 aliphatic heterocycles. The smallest absolute Gasteiger partial charge is 0.152 e. The van der Waals surface area contributed by atoms with Crippen LogP contribution in [0.25, 0.3) is 10.9 Å². The number of rotatable bonds is 0. The Kier molecular flexibility index (Phi) is 1.81. The lowest BCUT2D eigenvalue weighted by Gasteiger charge is -1.94. The Bertz CT molecular complexity index is 440. The number of hydrogen-bond acceptors (Lipinski definition) is 1. The number of fused-ring (bicyclic) bond motifs is 1. The summed E-state index contributed by atoms with van der Waals surface area (Å²) in [6, 6.07) is 0. The summed E-state index contributed by atoms with van der Waals surface area (Å²) in [6.45, 7) is 0. The lowest BCUT2D eigenvalue weighted by Crippen LogP contribution is -1.82. The summed E-state index contributed by atoms with van der Waals surface area (Å²) < 4.78 is 13.6. The molecule has 2 nitrogen and oxygen atoms in total. The fourth-order valence-corrected chi connectivity index (χ4v) is 1.69. The molecule has 0 spiro atoms. The van der Waals surface area contributed by atoms with E-state index in [4.69, 9.17) is 11.6 Å². The van der Waals surface area contributed by atoms with Gasteiger partial charge >= 0.3 is 0 Å². The second-order valence-electron chi connectivity index (χ2n) is 2.28. The molecule has 0 saturated heterocycles. The monoisotopic (exact) mass is 248 g/mol. The average Bonchev–Trinajstić information content (AvgIpc) is 2.42. The Hall–Kier alpha value is -0.610. The van der Waals surface area contributed by atoms with E-state index < -0.39 is 5.82 Å². The molecule has 2 heterocycles. The molecule has 0 aliphatic carbocycles. The van der Waals surface area contributed by atoms with E-state index >= 15 is 0 Å². The van der Waals surface area contributed by atoms with E-state index in [0.717, 1.165) is 6.20 Å². The van der Waals surface area contributed by atoms with E-state index in [1.165, 1.54) is 6.20 Å². The first-order chi connectivity index (χ1) is 5.70. The van der Waals surface area contributed by atoms with Crippen LogP contribution in [0.1, 0.15) is 0 Å². The van der Waals surface area contributed by atoms with Gasteiger partial charge in [-0.25, -0.2) is 9.37 Å². The third kappa shape index (κ3) is 1.03. The van der Waals surface area contributed by atoms with Crippen LogP contribution in [0, 0.1) is 5.82 Å². The Morgan fingerprint density at radius 3 is 3.00 bits per heavy atom. The van der Waals surface area contributed by atoms with E-state index in [2.05, 4.69) is 25.9 Å². The van der Waals surface area contributed by atoms with E-state index in [9.17, 15) is 4.39 Å². The van der Waals surface area contributed by atoms with Crippen molar-refractivity contribution in [1.82, 2.24) is 9.97 Å². The van der Waals surface area contributed by atoms with Crippen LogP contribution in [0.15, 0.2) is 17.0 Å². The van der Waals surface area contributed by atoms with Gasteiger partial charge in [0.1, 0.15) is 4.60 Å². The minimum absolute atomic E-state index is 0.366. The molecule has 2 aromatic heterocycles. The first-order valence-corrected chi connectivity index (χ1v) is 4.34. The molecule has 0 aliphatic rings. The van der Waals surface area contributed by atoms with Gasteiger partial charge in [-0.3, -0.25) is 0 Å². The van der Waals surface area contributed by atoms with E-state index in [1.54, 1.807) is 0 Å². The molecule has 0 saturated carbocycles. The number of aromatic nitrogens is 2. The molecular formula is C7H3BrClFN2. The normalized spacial score (nSPS) is 10.9. The van der Waals surface area contributed by atoms with Crippen LogP contribution in [-0.2, 0) is 0 Å². The summed E-state index contributed by atoms with van der Waals surface area (Å²) in [5, 5.41) is 0.740. The SMILES string of the molecule is Fc1cnc(Br)c2[nH]cc(Cl)c12. The van der Waals surface area contributed by atoms with Gasteiger partial charge in [0.05, 0.1) is 22.1 Å². The van der Waals surface area contributed by atoms with Gasteiger partial charge in [0.25, 0.3) is 0 Å². The zero-order valence-electron chi connectivity index (χ0n) is 5.74. The number of aromatic amines is 1. The van der Waals surface area contributed by atoms with Gasteiger partial charge in [-0.2, -0.15) is 0 Å². The summed E-state index contributed by atoms with van der Waals surface area (Å²) in [4.78, 5) is 6.59. The third-order valence-electron chi connectivity index (χ3n) is 1.57. The zero-order chi connectivity index (χ0) is 8.72. The van der Waals surface area contributed by atoms with Crippen LogP contribution in [0.3, 0.4) is 0 Å². The van der Waals surface area contributed by atoms with Crippen molar-refractivity contribution in [3.05, 3.63) is 27.8 Å². The highest BCUT2D eigenvalue weighted by Gasteiger charge is 2.10. The molecule has 0 unspecified atom stereocenters. The van der Waals surface area contributed by atoms with Gasteiger partial charge in [0.15, 0.2) is 5.82 Å². The second kappa shape index (κ2) is 2.71. The molecule has 0 fully saturated rings. The minimum atomic E-state index is -0.417. The van der Waals surface area contributed by atoms with Crippen LogP contribution < -0.4 is 0 Å². The Balaban J connectivity index is 2.98. The molecule has 0 bridgehead atoms. The van der Waals surface area contributed by atoms with Crippen LogP contribution in [0.4, 0.5) is 4.39 Å². The topological polar surface area (TPSA) is 28.7 Å². The highest BCUT2D eigenvalue weighted by molar-refractivity contribution is 9.10. The number of H-pyrrole nitrogens is 1. The number of pyridine rings is 1. The highest BCUT2D eigenvalue weighted by atomic mass is 79.9. The molecule has 0 amide bonds. The minimum Gasteiger partial charge on any atom is -0.357 e. The number of nitrogens with one attached hydrogen (secondary N) is 1. The fourth-order valence-electron chi connectivity index (χ4n) is 1.04. The molecule has 0 atom stereocenters. The van der Waals surface area contributed by atoms with Crippen LogP contribution in [0.2, 0.25) is 5.02 Å². The lowest BCUT2D eigenvalue weighted by molar-refractivity contribution is 0.633. The van der Waals surface area contributed by atoms with Crippen molar-refractivity contribution >= 4 is 38.4 Å². The predicted octanol–water partition coefficient (Wildman–Crippen LogP) is 3.12. The summed E-state index contributed by atoms with van der Waals surface area (Å²) in [6.07, 6.45) is 2.66. The second-order valence-corrected chi connectivity index (χ2v) is 3.44. The molecule has 0 aromatic carbocycles. The van der Waals surface area contributed by atoms with Gasteiger partial charge in [-0.1, -0.05) is 11.6 Å². The van der Waals surface area contributed by atoms with Crippen molar-refractivity contribution in [3.8, 4) is 0 Å². The first-order valence-electron chi connectivity index (χ1n) is 3.16. The predicted molar refractivity (Wildman–Crippen MR) is 48.8 cm³/mol. The van der Waals surface area contributed by atoms with Gasteiger partial charge in [-0.15, -0.1) is 0 Å². The molecule has 2 aromatic rings. The quantitative estimate of drug-likeness (QED) is 0.714. The molecule has 1 N–H and O–H groups in total. The summed E-state index contributed by atoms with van der Waals surface area (Å²) in [7, 11) is 0. The fraction of sp³-hybridized carbons (Fsp3) is 0. The van der Waals surface area contributed by atoms with Gasteiger partial charge in [0.2, 0.25) is 0 Å². The first kappa shape index (κ1) is 8.01. The maximum atomic E-state index is 13.1.